The maximum Gasteiger partial charge on any atom is 0.220 e. The lowest BCUT2D eigenvalue weighted by Crippen LogP contribution is -2.45. The van der Waals surface area contributed by atoms with E-state index in [0.717, 1.165) is 31.5 Å². The second kappa shape index (κ2) is 6.37. The Morgan fingerprint density at radius 1 is 1.30 bits per heavy atom. The van der Waals surface area contributed by atoms with Crippen molar-refractivity contribution in [2.75, 3.05) is 13.1 Å². The van der Waals surface area contributed by atoms with Crippen LogP contribution >= 0.6 is 0 Å². The van der Waals surface area contributed by atoms with E-state index in [2.05, 4.69) is 4.90 Å². The highest BCUT2D eigenvalue weighted by Crippen LogP contribution is 2.25. The third-order valence-corrected chi connectivity index (χ3v) is 4.38. The Hall–Kier alpha value is -1.39. The standard InChI is InChI=1S/C16H24N2O2/c1-11-3-5-13(6-4-11)15(19)12(2)18-9-7-14(8-10-18)16(17)20/h3-6,12,14-15,19H,7-10H2,1-2H3,(H2,17,20). The molecule has 0 saturated carbocycles. The average Bonchev–Trinajstić information content (AvgIpc) is 2.46. The van der Waals surface area contributed by atoms with Gasteiger partial charge in [0, 0.05) is 12.0 Å². The molecule has 3 N–H and O–H groups in total. The highest BCUT2D eigenvalue weighted by atomic mass is 16.3. The summed E-state index contributed by atoms with van der Waals surface area (Å²) in [6.07, 6.45) is 1.08. The van der Waals surface area contributed by atoms with Gasteiger partial charge >= 0.3 is 0 Å². The molecule has 1 aliphatic heterocycles. The molecule has 1 aromatic carbocycles. The van der Waals surface area contributed by atoms with Crippen LogP contribution in [0.3, 0.4) is 0 Å². The molecule has 1 amide bonds. The topological polar surface area (TPSA) is 66.6 Å². The number of aliphatic hydroxyl groups excluding tert-OH is 1. The van der Waals surface area contributed by atoms with Crippen molar-refractivity contribution in [2.45, 2.75) is 38.8 Å². The summed E-state index contributed by atoms with van der Waals surface area (Å²) in [5, 5.41) is 10.5. The lowest BCUT2D eigenvalue weighted by molar-refractivity contribution is -0.123. The quantitative estimate of drug-likeness (QED) is 0.878. The van der Waals surface area contributed by atoms with E-state index in [4.69, 9.17) is 5.73 Å². The van der Waals surface area contributed by atoms with Crippen molar-refractivity contribution < 1.29 is 9.90 Å². The number of hydrogen-bond acceptors (Lipinski definition) is 3. The van der Waals surface area contributed by atoms with Crippen LogP contribution in [0, 0.1) is 12.8 Å². The highest BCUT2D eigenvalue weighted by molar-refractivity contribution is 5.76. The van der Waals surface area contributed by atoms with Gasteiger partial charge < -0.3 is 10.8 Å². The van der Waals surface area contributed by atoms with E-state index in [1.807, 2.05) is 38.1 Å². The molecule has 0 spiro atoms. The minimum atomic E-state index is -0.499. The molecule has 0 aliphatic carbocycles. The molecule has 1 saturated heterocycles. The van der Waals surface area contributed by atoms with Crippen LogP contribution in [0.5, 0.6) is 0 Å². The Balaban J connectivity index is 1.96. The van der Waals surface area contributed by atoms with Crippen LogP contribution in [-0.4, -0.2) is 35.0 Å². The van der Waals surface area contributed by atoms with Crippen molar-refractivity contribution in [3.63, 3.8) is 0 Å². The summed E-state index contributed by atoms with van der Waals surface area (Å²) in [5.74, 6) is -0.202. The molecule has 20 heavy (non-hydrogen) atoms. The normalized spacial score (nSPS) is 20.6. The Bertz CT molecular complexity index is 450. The molecule has 4 nitrogen and oxygen atoms in total. The van der Waals surface area contributed by atoms with Gasteiger partial charge in [0.2, 0.25) is 5.91 Å². The summed E-state index contributed by atoms with van der Waals surface area (Å²) >= 11 is 0. The minimum Gasteiger partial charge on any atom is -0.387 e. The molecule has 0 aromatic heterocycles. The second-order valence-corrected chi connectivity index (χ2v) is 5.81. The van der Waals surface area contributed by atoms with Crippen LogP contribution in [0.25, 0.3) is 0 Å². The third-order valence-electron chi connectivity index (χ3n) is 4.38. The molecule has 110 valence electrons. The van der Waals surface area contributed by atoms with Crippen LogP contribution in [0.2, 0.25) is 0 Å². The molecule has 1 aromatic rings. The molecule has 2 unspecified atom stereocenters. The number of benzene rings is 1. The monoisotopic (exact) mass is 276 g/mol. The lowest BCUT2D eigenvalue weighted by Gasteiger charge is -2.37. The highest BCUT2D eigenvalue weighted by Gasteiger charge is 2.29. The summed E-state index contributed by atoms with van der Waals surface area (Å²) < 4.78 is 0. The first-order chi connectivity index (χ1) is 9.49. The number of primary amides is 1. The van der Waals surface area contributed by atoms with E-state index in [1.165, 1.54) is 5.56 Å². The minimum absolute atomic E-state index is 0.00466. The average molecular weight is 276 g/mol. The second-order valence-electron chi connectivity index (χ2n) is 5.81. The number of carbonyl (C=O) groups is 1. The molecular weight excluding hydrogens is 252 g/mol. The van der Waals surface area contributed by atoms with Crippen LogP contribution in [0.4, 0.5) is 0 Å². The Morgan fingerprint density at radius 3 is 2.35 bits per heavy atom. The number of rotatable bonds is 4. The zero-order valence-electron chi connectivity index (χ0n) is 12.2. The molecule has 1 heterocycles. The summed E-state index contributed by atoms with van der Waals surface area (Å²) in [5.41, 5.74) is 7.48. The van der Waals surface area contributed by atoms with Crippen LogP contribution in [0.15, 0.2) is 24.3 Å². The van der Waals surface area contributed by atoms with E-state index in [-0.39, 0.29) is 17.9 Å². The maximum atomic E-state index is 11.2. The third kappa shape index (κ3) is 3.38. The first kappa shape index (κ1) is 15.0. The maximum absolute atomic E-state index is 11.2. The van der Waals surface area contributed by atoms with Crippen LogP contribution in [-0.2, 0) is 4.79 Å². The first-order valence-corrected chi connectivity index (χ1v) is 7.27. The predicted octanol–water partition coefficient (Wildman–Crippen LogP) is 1.61. The number of nitrogens with zero attached hydrogens (tertiary/aromatic N) is 1. The van der Waals surface area contributed by atoms with Crippen molar-refractivity contribution in [1.29, 1.82) is 0 Å². The summed E-state index contributed by atoms with van der Waals surface area (Å²) in [6.45, 7) is 5.71. The van der Waals surface area contributed by atoms with E-state index in [0.29, 0.717) is 0 Å². The number of piperidine rings is 1. The van der Waals surface area contributed by atoms with Gasteiger partial charge in [0.1, 0.15) is 0 Å². The van der Waals surface area contributed by atoms with Gasteiger partial charge in [0.15, 0.2) is 0 Å². The van der Waals surface area contributed by atoms with Gasteiger partial charge in [-0.05, 0) is 45.3 Å². The van der Waals surface area contributed by atoms with E-state index in [9.17, 15) is 9.90 Å². The molecule has 4 heteroatoms. The molecular formula is C16H24N2O2. The van der Waals surface area contributed by atoms with E-state index < -0.39 is 6.10 Å². The summed E-state index contributed by atoms with van der Waals surface area (Å²) in [6, 6.07) is 8.04. The number of likely N-dealkylation sites (tertiary alicyclic amines) is 1. The zero-order valence-corrected chi connectivity index (χ0v) is 12.2. The van der Waals surface area contributed by atoms with Crippen molar-refractivity contribution >= 4 is 5.91 Å². The smallest absolute Gasteiger partial charge is 0.220 e. The lowest BCUT2D eigenvalue weighted by atomic mass is 9.93. The fourth-order valence-corrected chi connectivity index (χ4v) is 2.83. The number of aliphatic hydroxyl groups is 1. The summed E-state index contributed by atoms with van der Waals surface area (Å²) in [7, 11) is 0. The molecule has 1 fully saturated rings. The van der Waals surface area contributed by atoms with E-state index >= 15 is 0 Å². The van der Waals surface area contributed by atoms with Gasteiger partial charge in [0.05, 0.1) is 6.10 Å². The summed E-state index contributed by atoms with van der Waals surface area (Å²) in [4.78, 5) is 13.4. The number of aryl methyl sites for hydroxylation is 1. The van der Waals surface area contributed by atoms with Gasteiger partial charge in [-0.15, -0.1) is 0 Å². The zero-order chi connectivity index (χ0) is 14.7. The Kier molecular flexibility index (Phi) is 4.78. The van der Waals surface area contributed by atoms with E-state index in [1.54, 1.807) is 0 Å². The first-order valence-electron chi connectivity index (χ1n) is 7.27. The largest absolute Gasteiger partial charge is 0.387 e. The van der Waals surface area contributed by atoms with Gasteiger partial charge in [-0.2, -0.15) is 0 Å². The van der Waals surface area contributed by atoms with Crippen LogP contribution < -0.4 is 5.73 Å². The van der Waals surface area contributed by atoms with Crippen LogP contribution in [0.1, 0.15) is 37.0 Å². The predicted molar refractivity (Wildman–Crippen MR) is 79.1 cm³/mol. The molecule has 1 aliphatic rings. The van der Waals surface area contributed by atoms with Gasteiger partial charge in [-0.1, -0.05) is 29.8 Å². The van der Waals surface area contributed by atoms with Gasteiger partial charge in [0.25, 0.3) is 0 Å². The number of amides is 1. The number of hydrogen-bond donors (Lipinski definition) is 2. The molecule has 2 atom stereocenters. The number of nitrogens with two attached hydrogens (primary N) is 1. The van der Waals surface area contributed by atoms with Crippen molar-refractivity contribution in [2.24, 2.45) is 11.7 Å². The van der Waals surface area contributed by atoms with Gasteiger partial charge in [-0.25, -0.2) is 0 Å². The SMILES string of the molecule is Cc1ccc(C(O)C(C)N2CCC(C(N)=O)CC2)cc1. The van der Waals surface area contributed by atoms with Crippen molar-refractivity contribution in [1.82, 2.24) is 4.90 Å². The number of carbonyl (C=O) groups excluding carboxylic acids is 1. The Labute approximate surface area is 120 Å². The van der Waals surface area contributed by atoms with Crippen molar-refractivity contribution in [3.05, 3.63) is 35.4 Å². The van der Waals surface area contributed by atoms with Gasteiger partial charge in [-0.3, -0.25) is 9.69 Å². The fourth-order valence-electron chi connectivity index (χ4n) is 2.83. The molecule has 0 radical (unpaired) electrons. The fraction of sp³-hybridized carbons (Fsp3) is 0.562. The Morgan fingerprint density at radius 2 is 1.85 bits per heavy atom. The molecule has 2 rings (SSSR count). The molecule has 0 bridgehead atoms. The van der Waals surface area contributed by atoms with Crippen molar-refractivity contribution in [3.8, 4) is 0 Å².